The monoisotopic (exact) mass is 530 g/mol. The summed E-state index contributed by atoms with van der Waals surface area (Å²) < 4.78 is 61.1. The Bertz CT molecular complexity index is 1200. The van der Waals surface area contributed by atoms with Gasteiger partial charge in [-0.05, 0) is 18.8 Å². The van der Waals surface area contributed by atoms with Gasteiger partial charge in [0.15, 0.2) is 5.65 Å². The number of amides is 3. The van der Waals surface area contributed by atoms with Gasteiger partial charge >= 0.3 is 12.2 Å². The number of rotatable bonds is 6. The van der Waals surface area contributed by atoms with E-state index in [4.69, 9.17) is 0 Å². The lowest BCUT2D eigenvalue weighted by Gasteiger charge is -2.32. The maximum absolute atomic E-state index is 13.9. The highest BCUT2D eigenvalue weighted by Gasteiger charge is 2.42. The number of alkyl halides is 4. The van der Waals surface area contributed by atoms with Crippen molar-refractivity contribution in [2.24, 2.45) is 11.8 Å². The quantitative estimate of drug-likeness (QED) is 0.419. The van der Waals surface area contributed by atoms with Crippen LogP contribution in [-0.4, -0.2) is 63.3 Å². The molecule has 3 amide bonds. The van der Waals surface area contributed by atoms with E-state index in [0.29, 0.717) is 0 Å². The predicted molar refractivity (Wildman–Crippen MR) is 120 cm³/mol. The van der Waals surface area contributed by atoms with Crippen molar-refractivity contribution < 1.29 is 41.8 Å². The van der Waals surface area contributed by atoms with E-state index in [1.165, 1.54) is 16.8 Å². The van der Waals surface area contributed by atoms with E-state index in [9.17, 15) is 37.1 Å². The first kappa shape index (κ1) is 26.4. The average molecular weight is 530 g/mol. The third-order valence-electron chi connectivity index (χ3n) is 6.68. The number of piperidine rings is 1. The first-order valence-corrected chi connectivity index (χ1v) is 11.6. The number of carbonyl (C=O) groups excluding carboxylic acids is 2. The molecule has 2 aromatic rings. The Morgan fingerprint density at radius 3 is 2.62 bits per heavy atom. The number of anilines is 1. The van der Waals surface area contributed by atoms with Crippen LogP contribution in [0.3, 0.4) is 0 Å². The fraction of sp³-hybridized carbons (Fsp3) is 0.591. The van der Waals surface area contributed by atoms with E-state index in [1.54, 1.807) is 0 Å². The lowest BCUT2D eigenvalue weighted by molar-refractivity contribution is -0.136. The second kappa shape index (κ2) is 10.0. The third kappa shape index (κ3) is 6.20. The molecule has 37 heavy (non-hydrogen) atoms. The Kier molecular flexibility index (Phi) is 7.15. The molecule has 0 radical (unpaired) electrons. The number of fused-ring (bicyclic) bond motifs is 1. The number of hydrogen-bond acceptors (Lipinski definition) is 6. The van der Waals surface area contributed by atoms with Crippen LogP contribution in [0.2, 0.25) is 0 Å². The van der Waals surface area contributed by atoms with Crippen molar-refractivity contribution >= 4 is 29.4 Å². The molecule has 3 heterocycles. The summed E-state index contributed by atoms with van der Waals surface area (Å²) in [6.07, 6.45) is -2.38. The van der Waals surface area contributed by atoms with Crippen molar-refractivity contribution in [1.29, 1.82) is 0 Å². The number of ether oxygens (including phenoxy) is 1. The van der Waals surface area contributed by atoms with Gasteiger partial charge in [0.25, 0.3) is 5.92 Å². The maximum Gasteiger partial charge on any atom is 0.411 e. The van der Waals surface area contributed by atoms with Crippen LogP contribution in [0.25, 0.3) is 5.65 Å². The van der Waals surface area contributed by atoms with Crippen molar-refractivity contribution in [2.45, 2.75) is 56.4 Å². The van der Waals surface area contributed by atoms with Crippen molar-refractivity contribution in [2.75, 3.05) is 19.0 Å². The maximum atomic E-state index is 13.9. The van der Waals surface area contributed by atoms with Crippen LogP contribution in [0.5, 0.6) is 0 Å². The largest absolute Gasteiger partial charge is 0.465 e. The topological polar surface area (TPSA) is 147 Å². The second-order valence-electron chi connectivity index (χ2n) is 9.39. The highest BCUT2D eigenvalue weighted by molar-refractivity contribution is 5.86. The Balaban J connectivity index is 1.69. The molecule has 1 unspecified atom stereocenters. The van der Waals surface area contributed by atoms with Crippen LogP contribution in [-0.2, 0) is 16.0 Å². The Labute approximate surface area is 207 Å². The van der Waals surface area contributed by atoms with Gasteiger partial charge in [-0.3, -0.25) is 10.1 Å². The highest BCUT2D eigenvalue weighted by Crippen LogP contribution is 2.41. The van der Waals surface area contributed by atoms with Gasteiger partial charge in [0.2, 0.25) is 11.8 Å². The summed E-state index contributed by atoms with van der Waals surface area (Å²) in [4.78, 5) is 40.0. The molecule has 2 aliphatic rings. The Morgan fingerprint density at radius 2 is 1.97 bits per heavy atom. The zero-order valence-electron chi connectivity index (χ0n) is 19.8. The van der Waals surface area contributed by atoms with Crippen LogP contribution in [0.4, 0.5) is 32.8 Å². The number of methoxy groups -OCH3 is 1. The van der Waals surface area contributed by atoms with Crippen LogP contribution >= 0.6 is 0 Å². The molecule has 4 N–H and O–H groups in total. The minimum absolute atomic E-state index is 0.0678. The van der Waals surface area contributed by atoms with Crippen molar-refractivity contribution in [1.82, 2.24) is 25.2 Å². The SMILES string of the molecule is COC(=O)Nc1cc2nc([C@@H](NC(=O)O)C3CCC(F)(F)CC3)cn2nc1CC1CC(F)(F)CNC1=O. The summed E-state index contributed by atoms with van der Waals surface area (Å²) in [5.74, 6) is -8.06. The molecule has 0 spiro atoms. The molecule has 1 saturated heterocycles. The van der Waals surface area contributed by atoms with Gasteiger partial charge in [-0.2, -0.15) is 5.10 Å². The van der Waals surface area contributed by atoms with Crippen molar-refractivity contribution in [3.05, 3.63) is 23.7 Å². The molecule has 1 aliphatic heterocycles. The summed E-state index contributed by atoms with van der Waals surface area (Å²) in [6, 6.07) is 0.479. The molecule has 2 atom stereocenters. The van der Waals surface area contributed by atoms with Crippen LogP contribution in [0.15, 0.2) is 12.3 Å². The molecule has 1 aliphatic carbocycles. The molecule has 4 rings (SSSR count). The zero-order valence-corrected chi connectivity index (χ0v) is 19.8. The van der Waals surface area contributed by atoms with Crippen LogP contribution < -0.4 is 16.0 Å². The number of imidazole rings is 1. The number of carboxylic acid groups (broad SMARTS) is 1. The first-order chi connectivity index (χ1) is 17.4. The molecule has 1 saturated carbocycles. The molecule has 2 aromatic heterocycles. The average Bonchev–Trinajstić information content (AvgIpc) is 3.22. The zero-order chi connectivity index (χ0) is 27.0. The molecule has 11 nitrogen and oxygen atoms in total. The molecule has 0 aromatic carbocycles. The summed E-state index contributed by atoms with van der Waals surface area (Å²) in [6.45, 7) is -0.766. The summed E-state index contributed by atoms with van der Waals surface area (Å²) in [5, 5.41) is 20.6. The van der Waals surface area contributed by atoms with Gasteiger partial charge in [-0.25, -0.2) is 36.7 Å². The lowest BCUT2D eigenvalue weighted by Crippen LogP contribution is -2.48. The number of carbonyl (C=O) groups is 3. The molecule has 2 fully saturated rings. The lowest BCUT2D eigenvalue weighted by atomic mass is 9.81. The van der Waals surface area contributed by atoms with Gasteiger partial charge < -0.3 is 20.5 Å². The van der Waals surface area contributed by atoms with E-state index < -0.39 is 60.8 Å². The first-order valence-electron chi connectivity index (χ1n) is 11.6. The molecular formula is C22H26F4N6O5. The summed E-state index contributed by atoms with van der Waals surface area (Å²) in [5.41, 5.74) is 0.549. The van der Waals surface area contributed by atoms with Crippen molar-refractivity contribution in [3.63, 3.8) is 0 Å². The Hall–Kier alpha value is -3.65. The minimum Gasteiger partial charge on any atom is -0.465 e. The normalized spacial score (nSPS) is 22.2. The van der Waals surface area contributed by atoms with Crippen LogP contribution in [0, 0.1) is 11.8 Å². The van der Waals surface area contributed by atoms with Gasteiger partial charge in [-0.15, -0.1) is 0 Å². The fourth-order valence-electron chi connectivity index (χ4n) is 4.79. The van der Waals surface area contributed by atoms with Gasteiger partial charge in [0.05, 0.1) is 43.0 Å². The smallest absolute Gasteiger partial charge is 0.411 e. The molecule has 202 valence electrons. The van der Waals surface area contributed by atoms with Gasteiger partial charge in [0.1, 0.15) is 0 Å². The molecular weight excluding hydrogens is 504 g/mol. The van der Waals surface area contributed by atoms with E-state index in [0.717, 1.165) is 7.11 Å². The Morgan fingerprint density at radius 1 is 1.27 bits per heavy atom. The number of hydrogen-bond donors (Lipinski definition) is 4. The third-order valence-corrected chi connectivity index (χ3v) is 6.68. The van der Waals surface area contributed by atoms with Crippen LogP contribution in [0.1, 0.15) is 49.5 Å². The van der Waals surface area contributed by atoms with E-state index in [-0.39, 0.29) is 54.8 Å². The fourth-order valence-corrected chi connectivity index (χ4v) is 4.79. The number of nitrogens with zero attached hydrogens (tertiary/aromatic N) is 3. The van der Waals surface area contributed by atoms with E-state index in [1.807, 2.05) is 0 Å². The van der Waals surface area contributed by atoms with Gasteiger partial charge in [0, 0.05) is 37.7 Å². The summed E-state index contributed by atoms with van der Waals surface area (Å²) in [7, 11) is 1.12. The molecule has 0 bridgehead atoms. The minimum atomic E-state index is -3.10. The standard InChI is InChI=1S/C22H26F4N6O5/c1-37-20(36)29-13-7-16-28-15(17(30-19(34)35)11-2-4-21(23,24)5-3-11)9-32(16)31-14(13)6-12-8-22(25,26)10-27-18(12)33/h7,9,11-12,17,30H,2-6,8,10H2,1H3,(H,27,33)(H,29,36)(H,34,35)/t12?,17-/m0/s1. The highest BCUT2D eigenvalue weighted by atomic mass is 19.3. The molecule has 15 heteroatoms. The number of aromatic nitrogens is 3. The predicted octanol–water partition coefficient (Wildman–Crippen LogP) is 3.36. The van der Waals surface area contributed by atoms with Gasteiger partial charge in [-0.1, -0.05) is 0 Å². The summed E-state index contributed by atoms with van der Waals surface area (Å²) >= 11 is 0. The van der Waals surface area contributed by atoms with Crippen molar-refractivity contribution in [3.8, 4) is 0 Å². The van der Waals surface area contributed by atoms with E-state index >= 15 is 0 Å². The number of halogens is 4. The number of nitrogens with one attached hydrogen (secondary N) is 3. The van der Waals surface area contributed by atoms with E-state index in [2.05, 4.69) is 30.8 Å². The second-order valence-corrected chi connectivity index (χ2v) is 9.39.